The van der Waals surface area contributed by atoms with Crippen molar-refractivity contribution in [2.45, 2.75) is 26.1 Å². The van der Waals surface area contributed by atoms with Crippen molar-refractivity contribution in [2.75, 3.05) is 13.2 Å². The number of hydrogen-bond acceptors (Lipinski definition) is 3. The molecule has 0 bridgehead atoms. The number of benzene rings is 1. The van der Waals surface area contributed by atoms with Gasteiger partial charge in [0.15, 0.2) is 6.23 Å². The number of fused-ring (bicyclic) bond motifs is 1. The van der Waals surface area contributed by atoms with Gasteiger partial charge in [-0.05, 0) is 6.42 Å². The normalized spacial score (nSPS) is 30.0. The molecule has 1 aromatic rings. The Kier molecular flexibility index (Phi) is 5.74. The molecule has 5 heteroatoms. The lowest BCUT2D eigenvalue weighted by Gasteiger charge is -2.23. The minimum Gasteiger partial charge on any atom is -0.366 e. The van der Waals surface area contributed by atoms with Crippen LogP contribution in [-0.4, -0.2) is 30.1 Å². The van der Waals surface area contributed by atoms with Gasteiger partial charge in [-0.2, -0.15) is 0 Å². The van der Waals surface area contributed by atoms with Gasteiger partial charge >= 0.3 is 0 Å². The topological polar surface area (TPSA) is 38.8 Å². The van der Waals surface area contributed by atoms with Crippen LogP contribution >= 0.6 is 9.47 Å². The molecule has 3 rings (SSSR count). The van der Waals surface area contributed by atoms with Gasteiger partial charge in [0.1, 0.15) is 0 Å². The maximum absolute atomic E-state index is 12.8. The largest absolute Gasteiger partial charge is 0.366 e. The zero-order valence-corrected chi connectivity index (χ0v) is 13.0. The molecule has 2 heterocycles. The highest BCUT2D eigenvalue weighted by Crippen LogP contribution is 2.44. The van der Waals surface area contributed by atoms with Crippen LogP contribution in [0.25, 0.3) is 0 Å². The van der Waals surface area contributed by atoms with Gasteiger partial charge in [0.05, 0.1) is 19.3 Å². The fraction of sp³-hybridized carbons (Fsp3) is 0.471. The third-order valence-electron chi connectivity index (χ3n) is 4.42. The maximum Gasteiger partial charge on any atom is 0.229 e. The predicted octanol–water partition coefficient (Wildman–Crippen LogP) is 3.18. The van der Waals surface area contributed by atoms with Crippen molar-refractivity contribution in [3.05, 3.63) is 48.6 Å². The minimum atomic E-state index is -0.270. The molecule has 5 atom stereocenters. The summed E-state index contributed by atoms with van der Waals surface area (Å²) in [6.45, 7) is 5.04. The lowest BCUT2D eigenvalue weighted by molar-refractivity contribution is -0.137. The molecule has 1 amide bonds. The quantitative estimate of drug-likeness (QED) is 0.617. The number of nitrogens with zero attached hydrogens (tertiary/aromatic N) is 1. The SMILES string of the molecule is C.C=C[C@@H]1[C@@H](CCOP)C(=O)N2[C@H](c3ccccc3)OC[C@@H]12. The number of carbonyl (C=O) groups excluding carboxylic acids is 1. The van der Waals surface area contributed by atoms with Gasteiger partial charge in [-0.3, -0.25) is 4.79 Å². The Morgan fingerprint density at radius 3 is 2.77 bits per heavy atom. The van der Waals surface area contributed by atoms with Crippen molar-refractivity contribution in [3.63, 3.8) is 0 Å². The Morgan fingerprint density at radius 1 is 1.41 bits per heavy atom. The molecule has 1 unspecified atom stereocenters. The highest BCUT2D eigenvalue weighted by molar-refractivity contribution is 7.09. The molecule has 4 nitrogen and oxygen atoms in total. The second-order valence-electron chi connectivity index (χ2n) is 5.49. The maximum atomic E-state index is 12.8. The smallest absolute Gasteiger partial charge is 0.229 e. The van der Waals surface area contributed by atoms with Gasteiger partial charge < -0.3 is 14.2 Å². The fourth-order valence-corrected chi connectivity index (χ4v) is 3.57. The average molecular weight is 321 g/mol. The van der Waals surface area contributed by atoms with Crippen LogP contribution in [0, 0.1) is 11.8 Å². The zero-order chi connectivity index (χ0) is 14.8. The highest BCUT2D eigenvalue weighted by Gasteiger charge is 2.52. The van der Waals surface area contributed by atoms with Gasteiger partial charge in [-0.25, -0.2) is 0 Å². The number of rotatable bonds is 5. The minimum absolute atomic E-state index is 0. The molecule has 0 N–H and O–H groups in total. The van der Waals surface area contributed by atoms with Gasteiger partial charge in [0.25, 0.3) is 0 Å². The molecule has 2 fully saturated rings. The van der Waals surface area contributed by atoms with Crippen LogP contribution in [0.1, 0.15) is 25.6 Å². The van der Waals surface area contributed by atoms with E-state index in [4.69, 9.17) is 9.26 Å². The van der Waals surface area contributed by atoms with E-state index < -0.39 is 0 Å². The van der Waals surface area contributed by atoms with E-state index in [1.165, 1.54) is 0 Å². The first kappa shape index (κ1) is 17.1. The Balaban J connectivity index is 0.00000176. The van der Waals surface area contributed by atoms with Crippen LogP contribution in [0.4, 0.5) is 0 Å². The molecule has 0 aromatic heterocycles. The van der Waals surface area contributed by atoms with Crippen LogP contribution in [0.15, 0.2) is 43.0 Å². The molecule has 1 aromatic carbocycles. The first-order valence-electron chi connectivity index (χ1n) is 7.21. The van der Waals surface area contributed by atoms with Crippen molar-refractivity contribution in [2.24, 2.45) is 11.8 Å². The molecule has 2 aliphatic heterocycles. The highest BCUT2D eigenvalue weighted by atomic mass is 31.0. The third-order valence-corrected chi connectivity index (χ3v) is 4.65. The summed E-state index contributed by atoms with van der Waals surface area (Å²) in [5.41, 5.74) is 1.03. The van der Waals surface area contributed by atoms with Crippen LogP contribution in [-0.2, 0) is 14.1 Å². The summed E-state index contributed by atoms with van der Waals surface area (Å²) in [6, 6.07) is 10.0. The van der Waals surface area contributed by atoms with Crippen molar-refractivity contribution in [1.29, 1.82) is 0 Å². The van der Waals surface area contributed by atoms with Crippen LogP contribution in [0.3, 0.4) is 0 Å². The molecule has 120 valence electrons. The second kappa shape index (κ2) is 7.36. The molecular formula is C17H24NO3P. The predicted molar refractivity (Wildman–Crippen MR) is 90.0 cm³/mol. The third kappa shape index (κ3) is 2.83. The molecule has 2 aliphatic rings. The summed E-state index contributed by atoms with van der Waals surface area (Å²) in [6.07, 6.45) is 2.34. The molecular weight excluding hydrogens is 297 g/mol. The fourth-order valence-electron chi connectivity index (χ4n) is 3.43. The second-order valence-corrected chi connectivity index (χ2v) is 5.82. The number of amides is 1. The number of hydrogen-bond donors (Lipinski definition) is 0. The Hall–Kier alpha value is -1.22. The molecule has 0 aliphatic carbocycles. The molecule has 0 radical (unpaired) electrons. The Morgan fingerprint density at radius 2 is 2.14 bits per heavy atom. The Bertz CT molecular complexity index is 522. The van der Waals surface area contributed by atoms with E-state index in [0.29, 0.717) is 19.6 Å². The van der Waals surface area contributed by atoms with Crippen molar-refractivity contribution < 1.29 is 14.1 Å². The van der Waals surface area contributed by atoms with Gasteiger partial charge in [-0.15, -0.1) is 6.58 Å². The first-order chi connectivity index (χ1) is 10.3. The number of ether oxygens (including phenoxy) is 1. The van der Waals surface area contributed by atoms with Crippen LogP contribution in [0.5, 0.6) is 0 Å². The van der Waals surface area contributed by atoms with Crippen LogP contribution in [0.2, 0.25) is 0 Å². The van der Waals surface area contributed by atoms with Gasteiger partial charge in [0, 0.05) is 26.9 Å². The van der Waals surface area contributed by atoms with E-state index in [1.54, 1.807) is 0 Å². The van der Waals surface area contributed by atoms with E-state index >= 15 is 0 Å². The molecule has 0 saturated carbocycles. The van der Waals surface area contributed by atoms with Gasteiger partial charge in [0.2, 0.25) is 5.91 Å². The van der Waals surface area contributed by atoms with E-state index in [9.17, 15) is 4.79 Å². The van der Waals surface area contributed by atoms with E-state index in [2.05, 4.69) is 16.0 Å². The monoisotopic (exact) mass is 321 g/mol. The zero-order valence-electron chi connectivity index (χ0n) is 11.9. The summed E-state index contributed by atoms with van der Waals surface area (Å²) in [5, 5.41) is 0. The van der Waals surface area contributed by atoms with Crippen molar-refractivity contribution in [3.8, 4) is 0 Å². The van der Waals surface area contributed by atoms with E-state index in [0.717, 1.165) is 5.56 Å². The summed E-state index contributed by atoms with van der Waals surface area (Å²) in [7, 11) is 2.24. The number of carbonyl (C=O) groups is 1. The molecule has 2 saturated heterocycles. The molecule has 22 heavy (non-hydrogen) atoms. The lowest BCUT2D eigenvalue weighted by Crippen LogP contribution is -2.32. The summed E-state index contributed by atoms with van der Waals surface area (Å²) in [4.78, 5) is 14.7. The van der Waals surface area contributed by atoms with E-state index in [1.807, 2.05) is 41.3 Å². The summed E-state index contributed by atoms with van der Waals surface area (Å²) < 4.78 is 10.9. The summed E-state index contributed by atoms with van der Waals surface area (Å²) in [5.74, 6) is 0.229. The Labute approximate surface area is 134 Å². The average Bonchev–Trinajstić information content (AvgIpc) is 3.05. The first-order valence-corrected chi connectivity index (χ1v) is 7.68. The summed E-state index contributed by atoms with van der Waals surface area (Å²) >= 11 is 0. The van der Waals surface area contributed by atoms with Crippen LogP contribution < -0.4 is 0 Å². The molecule has 0 spiro atoms. The van der Waals surface area contributed by atoms with Gasteiger partial charge in [-0.1, -0.05) is 43.8 Å². The standard InChI is InChI=1S/C16H20NO3P.CH4/c1-2-12-13(8-9-20-21)15(18)17-14(12)10-19-16(17)11-6-4-3-5-7-11;/h2-7,12-14,16H,1,8-10,21H2;1H4/t12-,13-,14+,16+;/m1./s1. The van der Waals surface area contributed by atoms with Crippen molar-refractivity contribution >= 4 is 15.4 Å². The van der Waals surface area contributed by atoms with Crippen molar-refractivity contribution in [1.82, 2.24) is 4.90 Å². The van der Waals surface area contributed by atoms with E-state index in [-0.39, 0.29) is 37.4 Å². The lowest BCUT2D eigenvalue weighted by atomic mass is 9.88.